The fraction of sp³-hybridized carbons (Fsp3) is 0.417. The minimum atomic E-state index is -0.122. The van der Waals surface area contributed by atoms with Crippen molar-refractivity contribution in [3.05, 3.63) is 34.3 Å². The van der Waals surface area contributed by atoms with Gasteiger partial charge in [-0.1, -0.05) is 39.8 Å². The molecule has 18 heavy (non-hydrogen) atoms. The normalized spacial score (nSPS) is 11.8. The maximum Gasteiger partial charge on any atom is 0.231 e. The lowest BCUT2D eigenvalue weighted by Crippen LogP contribution is -2.24. The van der Waals surface area contributed by atoms with Gasteiger partial charge in [0.05, 0.1) is 5.54 Å². The highest BCUT2D eigenvalue weighted by atomic mass is 79.9. The van der Waals surface area contributed by atoms with E-state index in [4.69, 9.17) is 0 Å². The molecule has 0 saturated heterocycles. The SMILES string of the molecule is CC(C)(C)n1nnc(SCc2ccc(Br)cc2)n1. The van der Waals surface area contributed by atoms with Crippen LogP contribution >= 0.6 is 27.7 Å². The Hall–Kier alpha value is -0.880. The van der Waals surface area contributed by atoms with Crippen LogP contribution in [0.15, 0.2) is 33.9 Å². The van der Waals surface area contributed by atoms with Crippen molar-refractivity contribution >= 4 is 27.7 Å². The number of hydrogen-bond acceptors (Lipinski definition) is 4. The van der Waals surface area contributed by atoms with Crippen LogP contribution in [0.5, 0.6) is 0 Å². The molecule has 4 nitrogen and oxygen atoms in total. The maximum absolute atomic E-state index is 4.36. The van der Waals surface area contributed by atoms with Crippen LogP contribution < -0.4 is 0 Å². The average Bonchev–Trinajstić information content (AvgIpc) is 2.77. The van der Waals surface area contributed by atoms with E-state index in [2.05, 4.69) is 64.2 Å². The van der Waals surface area contributed by atoms with E-state index in [0.717, 1.165) is 10.2 Å². The zero-order valence-corrected chi connectivity index (χ0v) is 13.0. The first-order valence-corrected chi connectivity index (χ1v) is 7.41. The molecule has 96 valence electrons. The summed E-state index contributed by atoms with van der Waals surface area (Å²) < 4.78 is 1.09. The molecule has 0 amide bonds. The molecule has 0 fully saturated rings. The number of hydrogen-bond donors (Lipinski definition) is 0. The van der Waals surface area contributed by atoms with Crippen molar-refractivity contribution in [2.45, 2.75) is 37.2 Å². The number of rotatable bonds is 3. The van der Waals surface area contributed by atoms with E-state index >= 15 is 0 Å². The number of tetrazole rings is 1. The Bertz CT molecular complexity index is 516. The second-order valence-corrected chi connectivity index (χ2v) is 6.81. The van der Waals surface area contributed by atoms with Crippen molar-refractivity contribution < 1.29 is 0 Å². The molecule has 1 aromatic carbocycles. The standard InChI is InChI=1S/C12H15BrN4S/c1-12(2,3)17-15-11(14-16-17)18-8-9-4-6-10(13)7-5-9/h4-7H,8H2,1-3H3. The van der Waals surface area contributed by atoms with Gasteiger partial charge in [-0.3, -0.25) is 0 Å². The molecule has 0 atom stereocenters. The highest BCUT2D eigenvalue weighted by Crippen LogP contribution is 2.21. The topological polar surface area (TPSA) is 43.6 Å². The fourth-order valence-corrected chi connectivity index (χ4v) is 2.25. The number of halogens is 1. The molecule has 0 aliphatic rings. The molecule has 0 saturated carbocycles. The second-order valence-electron chi connectivity index (χ2n) is 4.95. The third-order valence-corrected chi connectivity index (χ3v) is 3.70. The Morgan fingerprint density at radius 1 is 1.22 bits per heavy atom. The molecule has 0 aliphatic carbocycles. The van der Waals surface area contributed by atoms with Gasteiger partial charge < -0.3 is 0 Å². The summed E-state index contributed by atoms with van der Waals surface area (Å²) in [7, 11) is 0. The van der Waals surface area contributed by atoms with Gasteiger partial charge in [0.2, 0.25) is 5.16 Å². The number of thioether (sulfide) groups is 1. The Morgan fingerprint density at radius 2 is 1.89 bits per heavy atom. The molecule has 0 aliphatic heterocycles. The van der Waals surface area contributed by atoms with Crippen molar-refractivity contribution in [3.8, 4) is 0 Å². The van der Waals surface area contributed by atoms with Gasteiger partial charge in [-0.05, 0) is 43.7 Å². The van der Waals surface area contributed by atoms with Crippen molar-refractivity contribution in [2.75, 3.05) is 0 Å². The van der Waals surface area contributed by atoms with Crippen molar-refractivity contribution in [3.63, 3.8) is 0 Å². The molecular formula is C12H15BrN4S. The summed E-state index contributed by atoms with van der Waals surface area (Å²) in [5, 5.41) is 13.2. The van der Waals surface area contributed by atoms with Crippen LogP contribution in [0, 0.1) is 0 Å². The van der Waals surface area contributed by atoms with Gasteiger partial charge in [0.15, 0.2) is 0 Å². The zero-order chi connectivity index (χ0) is 13.2. The zero-order valence-electron chi connectivity index (χ0n) is 10.6. The summed E-state index contributed by atoms with van der Waals surface area (Å²) in [6, 6.07) is 8.25. The van der Waals surface area contributed by atoms with Crippen LogP contribution in [0.4, 0.5) is 0 Å². The van der Waals surface area contributed by atoms with Gasteiger partial charge in [0, 0.05) is 10.2 Å². The fourth-order valence-electron chi connectivity index (χ4n) is 1.27. The summed E-state index contributed by atoms with van der Waals surface area (Å²) in [6.45, 7) is 6.16. The molecule has 6 heteroatoms. The third kappa shape index (κ3) is 3.55. The molecule has 1 aromatic heterocycles. The molecule has 0 N–H and O–H groups in total. The molecule has 2 aromatic rings. The average molecular weight is 327 g/mol. The first-order chi connectivity index (χ1) is 8.45. The molecule has 0 unspecified atom stereocenters. The van der Waals surface area contributed by atoms with Crippen LogP contribution in [-0.2, 0) is 11.3 Å². The van der Waals surface area contributed by atoms with E-state index in [1.165, 1.54) is 5.56 Å². The molecule has 0 bridgehead atoms. The van der Waals surface area contributed by atoms with E-state index in [1.807, 2.05) is 12.1 Å². The van der Waals surface area contributed by atoms with Crippen LogP contribution in [0.3, 0.4) is 0 Å². The van der Waals surface area contributed by atoms with Crippen LogP contribution in [0.25, 0.3) is 0 Å². The first-order valence-electron chi connectivity index (χ1n) is 5.63. The lowest BCUT2D eigenvalue weighted by molar-refractivity contribution is 0.304. The predicted molar refractivity (Wildman–Crippen MR) is 76.5 cm³/mol. The Labute approximate surface area is 119 Å². The predicted octanol–water partition coefficient (Wildman–Crippen LogP) is 3.48. The van der Waals surface area contributed by atoms with E-state index < -0.39 is 0 Å². The largest absolute Gasteiger partial charge is 0.231 e. The quantitative estimate of drug-likeness (QED) is 0.810. The molecule has 0 spiro atoms. The highest BCUT2D eigenvalue weighted by molar-refractivity contribution is 9.10. The minimum Gasteiger partial charge on any atom is -0.158 e. The summed E-state index contributed by atoms with van der Waals surface area (Å²) in [6.07, 6.45) is 0. The van der Waals surface area contributed by atoms with E-state index in [-0.39, 0.29) is 5.54 Å². The smallest absolute Gasteiger partial charge is 0.158 e. The Balaban J connectivity index is 1.98. The van der Waals surface area contributed by atoms with Gasteiger partial charge in [0.25, 0.3) is 0 Å². The maximum atomic E-state index is 4.36. The van der Waals surface area contributed by atoms with Crippen molar-refractivity contribution in [1.29, 1.82) is 0 Å². The van der Waals surface area contributed by atoms with Crippen LogP contribution in [-0.4, -0.2) is 20.2 Å². The summed E-state index contributed by atoms with van der Waals surface area (Å²) in [5.41, 5.74) is 1.12. The number of aromatic nitrogens is 4. The lowest BCUT2D eigenvalue weighted by Gasteiger charge is -2.15. The van der Waals surface area contributed by atoms with E-state index in [1.54, 1.807) is 16.6 Å². The van der Waals surface area contributed by atoms with Crippen LogP contribution in [0.2, 0.25) is 0 Å². The van der Waals surface area contributed by atoms with Crippen LogP contribution in [0.1, 0.15) is 26.3 Å². The lowest BCUT2D eigenvalue weighted by atomic mass is 10.1. The van der Waals surface area contributed by atoms with Gasteiger partial charge in [-0.15, -0.1) is 10.2 Å². The van der Waals surface area contributed by atoms with Gasteiger partial charge in [-0.2, -0.15) is 4.80 Å². The van der Waals surface area contributed by atoms with Crippen molar-refractivity contribution in [1.82, 2.24) is 20.2 Å². The van der Waals surface area contributed by atoms with E-state index in [9.17, 15) is 0 Å². The minimum absolute atomic E-state index is 0.122. The van der Waals surface area contributed by atoms with Gasteiger partial charge in [-0.25, -0.2) is 0 Å². The van der Waals surface area contributed by atoms with Crippen molar-refractivity contribution in [2.24, 2.45) is 0 Å². The molecule has 1 heterocycles. The number of nitrogens with zero attached hydrogens (tertiary/aromatic N) is 4. The van der Waals surface area contributed by atoms with Gasteiger partial charge >= 0.3 is 0 Å². The summed E-state index contributed by atoms with van der Waals surface area (Å²) in [5.74, 6) is 0.850. The summed E-state index contributed by atoms with van der Waals surface area (Å²) >= 11 is 5.02. The molecular weight excluding hydrogens is 312 g/mol. The Kier molecular flexibility index (Phi) is 4.07. The van der Waals surface area contributed by atoms with Gasteiger partial charge in [0.1, 0.15) is 0 Å². The molecule has 2 rings (SSSR count). The second kappa shape index (κ2) is 5.40. The third-order valence-electron chi connectivity index (χ3n) is 2.28. The van der Waals surface area contributed by atoms with E-state index in [0.29, 0.717) is 5.16 Å². The Morgan fingerprint density at radius 3 is 2.44 bits per heavy atom. The highest BCUT2D eigenvalue weighted by Gasteiger charge is 2.16. The monoisotopic (exact) mass is 326 g/mol. The summed E-state index contributed by atoms with van der Waals surface area (Å²) in [4.78, 5) is 1.65. The molecule has 0 radical (unpaired) electrons. The first kappa shape index (κ1) is 13.5. The number of benzene rings is 1.